The quantitative estimate of drug-likeness (QED) is 0.332. The molecule has 0 N–H and O–H groups in total. The summed E-state index contributed by atoms with van der Waals surface area (Å²) in [6.07, 6.45) is 0. The molecule has 0 atom stereocenters. The number of anilines is 2. The van der Waals surface area contributed by atoms with E-state index in [0.29, 0.717) is 11.1 Å². The maximum atomic E-state index is 13.3. The lowest BCUT2D eigenvalue weighted by molar-refractivity contribution is 0.101. The van der Waals surface area contributed by atoms with Gasteiger partial charge in [-0.2, -0.15) is 0 Å². The molecule has 0 spiro atoms. The average Bonchev–Trinajstić information content (AvgIpc) is 2.80. The van der Waals surface area contributed by atoms with E-state index in [0.717, 1.165) is 39.8 Å². The number of carbonyl (C=O) groups is 2. The van der Waals surface area contributed by atoms with Crippen molar-refractivity contribution in [3.63, 3.8) is 0 Å². The second-order valence-corrected chi connectivity index (χ2v) is 7.70. The highest BCUT2D eigenvalue weighted by molar-refractivity contribution is 6.16. The fourth-order valence-electron chi connectivity index (χ4n) is 4.05. The van der Waals surface area contributed by atoms with Crippen LogP contribution in [0.5, 0.6) is 0 Å². The lowest BCUT2D eigenvalue weighted by Crippen LogP contribution is -2.17. The Bertz CT molecular complexity index is 1270. The maximum absolute atomic E-state index is 13.3. The van der Waals surface area contributed by atoms with Crippen LogP contribution >= 0.6 is 0 Å². The van der Waals surface area contributed by atoms with Gasteiger partial charge in [-0.05, 0) is 79.6 Å². The molecular formula is C28H25NO2. The number of rotatable bonds is 6. The Morgan fingerprint density at radius 3 is 2.16 bits per heavy atom. The molecule has 0 aromatic heterocycles. The van der Waals surface area contributed by atoms with Gasteiger partial charge < -0.3 is 4.90 Å². The zero-order chi connectivity index (χ0) is 22.0. The minimum atomic E-state index is 0.0281. The van der Waals surface area contributed by atoms with Gasteiger partial charge in [-0.1, -0.05) is 42.5 Å². The van der Waals surface area contributed by atoms with Crippen molar-refractivity contribution < 1.29 is 9.59 Å². The van der Waals surface area contributed by atoms with Crippen molar-refractivity contribution in [3.05, 3.63) is 107 Å². The van der Waals surface area contributed by atoms with Crippen LogP contribution in [0, 0.1) is 6.92 Å². The van der Waals surface area contributed by atoms with Crippen molar-refractivity contribution >= 4 is 33.7 Å². The molecule has 0 saturated carbocycles. The third-order valence-corrected chi connectivity index (χ3v) is 5.69. The van der Waals surface area contributed by atoms with Gasteiger partial charge in [0.25, 0.3) is 0 Å². The lowest BCUT2D eigenvalue weighted by Gasteiger charge is -2.25. The topological polar surface area (TPSA) is 37.4 Å². The number of aryl methyl sites for hydroxylation is 1. The monoisotopic (exact) mass is 407 g/mol. The Kier molecular flexibility index (Phi) is 5.68. The molecule has 0 aliphatic rings. The summed E-state index contributed by atoms with van der Waals surface area (Å²) < 4.78 is 0. The molecule has 0 aliphatic heterocycles. The molecule has 0 aliphatic carbocycles. The molecule has 4 rings (SSSR count). The molecule has 3 heteroatoms. The van der Waals surface area contributed by atoms with Crippen LogP contribution in [-0.4, -0.2) is 18.1 Å². The van der Waals surface area contributed by atoms with Gasteiger partial charge >= 0.3 is 0 Å². The first kappa shape index (κ1) is 20.5. The van der Waals surface area contributed by atoms with Crippen molar-refractivity contribution in [1.82, 2.24) is 0 Å². The Morgan fingerprint density at radius 1 is 0.806 bits per heavy atom. The minimum Gasteiger partial charge on any atom is -0.342 e. The van der Waals surface area contributed by atoms with E-state index in [1.165, 1.54) is 0 Å². The molecule has 0 radical (unpaired) electrons. The highest BCUT2D eigenvalue weighted by atomic mass is 16.1. The first-order chi connectivity index (χ1) is 15.0. The van der Waals surface area contributed by atoms with Crippen molar-refractivity contribution in [3.8, 4) is 0 Å². The van der Waals surface area contributed by atoms with Crippen LogP contribution in [0.25, 0.3) is 10.8 Å². The molecule has 31 heavy (non-hydrogen) atoms. The third kappa shape index (κ3) is 3.99. The maximum Gasteiger partial charge on any atom is 0.193 e. The van der Waals surface area contributed by atoms with Gasteiger partial charge in [0.1, 0.15) is 0 Å². The highest BCUT2D eigenvalue weighted by Crippen LogP contribution is 2.30. The molecule has 3 nitrogen and oxygen atoms in total. The van der Waals surface area contributed by atoms with Crippen LogP contribution < -0.4 is 4.90 Å². The zero-order valence-corrected chi connectivity index (χ0v) is 18.1. The fraction of sp³-hybridized carbons (Fsp3) is 0.143. The molecule has 0 amide bonds. The van der Waals surface area contributed by atoms with E-state index in [1.807, 2.05) is 91.9 Å². The number of Topliss-reactive ketones (excluding diaryl/α,β-unsaturated/α-hetero) is 1. The van der Waals surface area contributed by atoms with Gasteiger partial charge in [-0.15, -0.1) is 0 Å². The van der Waals surface area contributed by atoms with E-state index in [9.17, 15) is 9.59 Å². The normalized spacial score (nSPS) is 10.8. The summed E-state index contributed by atoms with van der Waals surface area (Å²) in [5, 5.41) is 2.03. The van der Waals surface area contributed by atoms with E-state index in [4.69, 9.17) is 0 Å². The number of hydrogen-bond acceptors (Lipinski definition) is 3. The summed E-state index contributed by atoms with van der Waals surface area (Å²) in [6, 6.07) is 27.3. The van der Waals surface area contributed by atoms with Gasteiger partial charge in [0.15, 0.2) is 11.6 Å². The summed E-state index contributed by atoms with van der Waals surface area (Å²) in [4.78, 5) is 27.0. The fourth-order valence-corrected chi connectivity index (χ4v) is 4.05. The number of ketones is 2. The first-order valence-corrected chi connectivity index (χ1v) is 10.5. The van der Waals surface area contributed by atoms with Crippen molar-refractivity contribution in [1.29, 1.82) is 0 Å². The van der Waals surface area contributed by atoms with E-state index < -0.39 is 0 Å². The van der Waals surface area contributed by atoms with Crippen LogP contribution in [0.1, 0.15) is 45.7 Å². The molecule has 0 saturated heterocycles. The predicted molar refractivity (Wildman–Crippen MR) is 128 cm³/mol. The number of nitrogens with zero attached hydrogens (tertiary/aromatic N) is 1. The van der Waals surface area contributed by atoms with Gasteiger partial charge in [-0.3, -0.25) is 9.59 Å². The highest BCUT2D eigenvalue weighted by Gasteiger charge is 2.16. The van der Waals surface area contributed by atoms with Crippen molar-refractivity contribution in [2.75, 3.05) is 11.4 Å². The average molecular weight is 408 g/mol. The zero-order valence-electron chi connectivity index (χ0n) is 18.1. The van der Waals surface area contributed by atoms with Crippen molar-refractivity contribution in [2.45, 2.75) is 20.8 Å². The predicted octanol–water partition coefficient (Wildman–Crippen LogP) is 6.74. The smallest absolute Gasteiger partial charge is 0.193 e. The number of fused-ring (bicyclic) bond motifs is 1. The summed E-state index contributed by atoms with van der Waals surface area (Å²) in [5.41, 5.74) is 5.20. The second-order valence-electron chi connectivity index (χ2n) is 7.70. The molecule has 0 unspecified atom stereocenters. The van der Waals surface area contributed by atoms with Crippen LogP contribution in [0.3, 0.4) is 0 Å². The van der Waals surface area contributed by atoms with Crippen LogP contribution in [0.15, 0.2) is 84.9 Å². The first-order valence-electron chi connectivity index (χ1n) is 10.5. The number of carbonyl (C=O) groups excluding carboxylic acids is 2. The molecule has 4 aromatic rings. The molecule has 154 valence electrons. The largest absolute Gasteiger partial charge is 0.342 e. The summed E-state index contributed by atoms with van der Waals surface area (Å²) in [5.74, 6) is 0.0855. The molecular weight excluding hydrogens is 382 g/mol. The van der Waals surface area contributed by atoms with Crippen LogP contribution in [0.2, 0.25) is 0 Å². The third-order valence-electron chi connectivity index (χ3n) is 5.69. The number of hydrogen-bond donors (Lipinski definition) is 0. The van der Waals surface area contributed by atoms with Gasteiger partial charge in [0.2, 0.25) is 0 Å². The second kappa shape index (κ2) is 8.57. The molecule has 0 heterocycles. The SMILES string of the molecule is CCN(c1ccc(C(C)=O)cc1)c1ccc(C(=O)c2cccc3ccccc23)cc1C. The summed E-state index contributed by atoms with van der Waals surface area (Å²) in [7, 11) is 0. The molecule has 0 bridgehead atoms. The van der Waals surface area contributed by atoms with Crippen LogP contribution in [-0.2, 0) is 0 Å². The van der Waals surface area contributed by atoms with E-state index >= 15 is 0 Å². The lowest BCUT2D eigenvalue weighted by atomic mass is 9.96. The summed E-state index contributed by atoms with van der Waals surface area (Å²) >= 11 is 0. The molecule has 4 aromatic carbocycles. The Labute approximate surface area is 182 Å². The standard InChI is InChI=1S/C28H25NO2/c1-4-29(24-15-12-21(13-16-24)20(3)30)27-17-14-23(18-19(27)2)28(31)26-11-7-9-22-8-5-6-10-25(22)26/h5-18H,4H2,1-3H3. The number of benzene rings is 4. The van der Waals surface area contributed by atoms with E-state index in [2.05, 4.69) is 11.8 Å². The van der Waals surface area contributed by atoms with Gasteiger partial charge in [-0.25, -0.2) is 0 Å². The molecule has 0 fully saturated rings. The Balaban J connectivity index is 1.68. The van der Waals surface area contributed by atoms with Gasteiger partial charge in [0.05, 0.1) is 0 Å². The van der Waals surface area contributed by atoms with Gasteiger partial charge in [0, 0.05) is 34.6 Å². The van der Waals surface area contributed by atoms with E-state index in [-0.39, 0.29) is 11.6 Å². The van der Waals surface area contributed by atoms with E-state index in [1.54, 1.807) is 6.92 Å². The minimum absolute atomic E-state index is 0.0281. The van der Waals surface area contributed by atoms with Crippen LogP contribution in [0.4, 0.5) is 11.4 Å². The Hall–Kier alpha value is -3.72. The Morgan fingerprint density at radius 2 is 1.48 bits per heavy atom. The summed E-state index contributed by atoms with van der Waals surface area (Å²) in [6.45, 7) is 6.47. The van der Waals surface area contributed by atoms with Crippen molar-refractivity contribution in [2.24, 2.45) is 0 Å².